The Hall–Kier alpha value is -1.88. The van der Waals surface area contributed by atoms with Gasteiger partial charge in [-0.1, -0.05) is 35.9 Å². The number of carbonyl (C=O) groups excluding carboxylic acids is 1. The molecule has 2 N–H and O–H groups in total. The lowest BCUT2D eigenvalue weighted by Gasteiger charge is -2.38. The number of halogens is 1. The van der Waals surface area contributed by atoms with Crippen LogP contribution in [0.25, 0.3) is 10.8 Å². The Balaban J connectivity index is 2.06. The second-order valence-corrected chi connectivity index (χ2v) is 5.90. The van der Waals surface area contributed by atoms with Crippen molar-refractivity contribution in [2.24, 2.45) is 11.7 Å². The van der Waals surface area contributed by atoms with Gasteiger partial charge in [-0.15, -0.1) is 10.2 Å². The number of benzene rings is 1. The van der Waals surface area contributed by atoms with Crippen molar-refractivity contribution in [2.45, 2.75) is 25.8 Å². The predicted octanol–water partition coefficient (Wildman–Crippen LogP) is 2.37. The molecule has 0 aliphatic carbocycles. The highest BCUT2D eigenvalue weighted by Crippen LogP contribution is 2.33. The molecular formula is C15H17ClN4O. The summed E-state index contributed by atoms with van der Waals surface area (Å²) in [5.74, 6) is 0.379. The summed E-state index contributed by atoms with van der Waals surface area (Å²) in [6.07, 6.45) is 1.73. The molecule has 0 bridgehead atoms. The zero-order chi connectivity index (χ0) is 15.0. The van der Waals surface area contributed by atoms with Crippen molar-refractivity contribution < 1.29 is 4.79 Å². The van der Waals surface area contributed by atoms with Gasteiger partial charge in [0.15, 0.2) is 11.0 Å². The first-order valence-electron chi connectivity index (χ1n) is 7.05. The summed E-state index contributed by atoms with van der Waals surface area (Å²) in [6, 6.07) is 8.07. The molecule has 3 rings (SSSR count). The zero-order valence-corrected chi connectivity index (χ0v) is 12.5. The van der Waals surface area contributed by atoms with Crippen molar-refractivity contribution in [1.82, 2.24) is 10.2 Å². The highest BCUT2D eigenvalue weighted by Gasteiger charge is 2.30. The van der Waals surface area contributed by atoms with Crippen LogP contribution in [-0.4, -0.2) is 28.7 Å². The molecule has 1 saturated heterocycles. The summed E-state index contributed by atoms with van der Waals surface area (Å²) in [7, 11) is 0. The summed E-state index contributed by atoms with van der Waals surface area (Å²) in [5, 5.41) is 10.5. The van der Waals surface area contributed by atoms with Gasteiger partial charge >= 0.3 is 0 Å². The number of fused-ring (bicyclic) bond motifs is 1. The fraction of sp³-hybridized carbons (Fsp3) is 0.400. The maximum Gasteiger partial charge on any atom is 0.222 e. The van der Waals surface area contributed by atoms with E-state index < -0.39 is 0 Å². The fourth-order valence-electron chi connectivity index (χ4n) is 2.90. The van der Waals surface area contributed by atoms with E-state index in [1.807, 2.05) is 24.3 Å². The van der Waals surface area contributed by atoms with E-state index in [-0.39, 0.29) is 11.8 Å². The number of nitrogens with two attached hydrogens (primary N) is 1. The van der Waals surface area contributed by atoms with Gasteiger partial charge < -0.3 is 10.6 Å². The average molecular weight is 305 g/mol. The van der Waals surface area contributed by atoms with Gasteiger partial charge in [-0.2, -0.15) is 0 Å². The molecule has 2 aromatic rings. The van der Waals surface area contributed by atoms with Crippen LogP contribution in [0.3, 0.4) is 0 Å². The van der Waals surface area contributed by atoms with E-state index >= 15 is 0 Å². The van der Waals surface area contributed by atoms with E-state index in [2.05, 4.69) is 22.0 Å². The van der Waals surface area contributed by atoms with Crippen molar-refractivity contribution in [2.75, 3.05) is 11.4 Å². The summed E-state index contributed by atoms with van der Waals surface area (Å²) < 4.78 is 0. The van der Waals surface area contributed by atoms with E-state index in [1.165, 1.54) is 0 Å². The van der Waals surface area contributed by atoms with Crippen LogP contribution in [-0.2, 0) is 4.79 Å². The standard InChI is InChI=1S/C15H17ClN4O/c1-9-6-7-10(14(17)21)8-20(9)15-12-5-3-2-4-11(12)13(16)18-19-15/h2-5,9-10H,6-8H2,1H3,(H2,17,21). The van der Waals surface area contributed by atoms with E-state index in [0.29, 0.717) is 17.7 Å². The lowest BCUT2D eigenvalue weighted by atomic mass is 9.92. The Labute approximate surface area is 128 Å². The Morgan fingerprint density at radius 1 is 1.29 bits per heavy atom. The molecule has 1 aliphatic rings. The van der Waals surface area contributed by atoms with E-state index in [9.17, 15) is 4.79 Å². The van der Waals surface area contributed by atoms with Crippen LogP contribution in [0.15, 0.2) is 24.3 Å². The molecule has 0 saturated carbocycles. The van der Waals surface area contributed by atoms with Crippen LogP contribution < -0.4 is 10.6 Å². The van der Waals surface area contributed by atoms with Gasteiger partial charge in [0.05, 0.1) is 5.92 Å². The van der Waals surface area contributed by atoms with Crippen molar-refractivity contribution in [3.8, 4) is 0 Å². The molecule has 1 aromatic carbocycles. The van der Waals surface area contributed by atoms with Gasteiger partial charge in [-0.25, -0.2) is 0 Å². The number of hydrogen-bond donors (Lipinski definition) is 1. The van der Waals surface area contributed by atoms with Crippen molar-refractivity contribution in [1.29, 1.82) is 0 Å². The normalized spacial score (nSPS) is 22.5. The second-order valence-electron chi connectivity index (χ2n) is 5.54. The summed E-state index contributed by atoms with van der Waals surface area (Å²) in [4.78, 5) is 13.6. The summed E-state index contributed by atoms with van der Waals surface area (Å²) >= 11 is 6.12. The van der Waals surface area contributed by atoms with E-state index in [0.717, 1.165) is 29.4 Å². The number of hydrogen-bond acceptors (Lipinski definition) is 4. The van der Waals surface area contributed by atoms with Crippen molar-refractivity contribution in [3.05, 3.63) is 29.4 Å². The minimum atomic E-state index is -0.252. The summed E-state index contributed by atoms with van der Waals surface area (Å²) in [5.41, 5.74) is 5.47. The first-order valence-corrected chi connectivity index (χ1v) is 7.42. The number of primary amides is 1. The Kier molecular flexibility index (Phi) is 3.68. The van der Waals surface area contributed by atoms with Crippen molar-refractivity contribution >= 4 is 34.1 Å². The molecule has 0 spiro atoms. The largest absolute Gasteiger partial charge is 0.369 e. The number of aromatic nitrogens is 2. The van der Waals surface area contributed by atoms with Crippen LogP contribution in [0.2, 0.25) is 5.15 Å². The molecule has 2 atom stereocenters. The third-order valence-electron chi connectivity index (χ3n) is 4.18. The van der Waals surface area contributed by atoms with Crippen LogP contribution in [0.5, 0.6) is 0 Å². The third kappa shape index (κ3) is 2.53. The molecule has 6 heteroatoms. The number of piperidine rings is 1. The second kappa shape index (κ2) is 5.48. The van der Waals surface area contributed by atoms with Crippen LogP contribution >= 0.6 is 11.6 Å². The van der Waals surface area contributed by atoms with E-state index in [1.54, 1.807) is 0 Å². The Bertz CT molecular complexity index is 690. The maximum atomic E-state index is 11.5. The molecule has 5 nitrogen and oxygen atoms in total. The number of rotatable bonds is 2. The lowest BCUT2D eigenvalue weighted by molar-refractivity contribution is -0.122. The Morgan fingerprint density at radius 2 is 2.00 bits per heavy atom. The molecule has 0 radical (unpaired) electrons. The number of nitrogens with zero attached hydrogens (tertiary/aromatic N) is 3. The lowest BCUT2D eigenvalue weighted by Crippen LogP contribution is -2.46. The number of carbonyl (C=O) groups is 1. The Morgan fingerprint density at radius 3 is 2.71 bits per heavy atom. The quantitative estimate of drug-likeness (QED) is 0.924. The van der Waals surface area contributed by atoms with Crippen LogP contribution in [0, 0.1) is 5.92 Å². The highest BCUT2D eigenvalue weighted by molar-refractivity contribution is 6.34. The molecule has 1 amide bonds. The minimum Gasteiger partial charge on any atom is -0.369 e. The molecule has 2 unspecified atom stereocenters. The van der Waals surface area contributed by atoms with Crippen molar-refractivity contribution in [3.63, 3.8) is 0 Å². The topological polar surface area (TPSA) is 72.1 Å². The fourth-order valence-corrected chi connectivity index (χ4v) is 3.11. The third-order valence-corrected chi connectivity index (χ3v) is 4.46. The van der Waals surface area contributed by atoms with Crippen LogP contribution in [0.1, 0.15) is 19.8 Å². The number of anilines is 1. The average Bonchev–Trinajstić information content (AvgIpc) is 2.49. The SMILES string of the molecule is CC1CCC(C(N)=O)CN1c1nnc(Cl)c2ccccc12. The first kappa shape index (κ1) is 14.1. The van der Waals surface area contributed by atoms with Gasteiger partial charge in [0, 0.05) is 23.4 Å². The number of amides is 1. The molecule has 1 fully saturated rings. The van der Waals surface area contributed by atoms with Gasteiger partial charge in [0.1, 0.15) is 0 Å². The van der Waals surface area contributed by atoms with E-state index in [4.69, 9.17) is 17.3 Å². The molecule has 1 aliphatic heterocycles. The molecule has 2 heterocycles. The molecule has 1 aromatic heterocycles. The minimum absolute atomic E-state index is 0.141. The maximum absolute atomic E-state index is 11.5. The molecular weight excluding hydrogens is 288 g/mol. The predicted molar refractivity (Wildman–Crippen MR) is 83.3 cm³/mol. The van der Waals surface area contributed by atoms with Gasteiger partial charge in [-0.3, -0.25) is 4.79 Å². The monoisotopic (exact) mass is 304 g/mol. The van der Waals surface area contributed by atoms with Gasteiger partial charge in [0.25, 0.3) is 0 Å². The first-order chi connectivity index (χ1) is 10.1. The smallest absolute Gasteiger partial charge is 0.222 e. The molecule has 110 valence electrons. The highest BCUT2D eigenvalue weighted by atomic mass is 35.5. The zero-order valence-electron chi connectivity index (χ0n) is 11.8. The van der Waals surface area contributed by atoms with Crippen LogP contribution in [0.4, 0.5) is 5.82 Å². The van der Waals surface area contributed by atoms with Gasteiger partial charge in [0.2, 0.25) is 5.91 Å². The molecule has 21 heavy (non-hydrogen) atoms. The summed E-state index contributed by atoms with van der Waals surface area (Å²) in [6.45, 7) is 2.71. The van der Waals surface area contributed by atoms with Gasteiger partial charge in [-0.05, 0) is 19.8 Å².